The number of carbonyl (C=O) groups excluding carboxylic acids is 2. The summed E-state index contributed by atoms with van der Waals surface area (Å²) in [7, 11) is 0. The third-order valence-corrected chi connectivity index (χ3v) is 8.38. The summed E-state index contributed by atoms with van der Waals surface area (Å²) in [5.74, 6) is 1.72. The lowest BCUT2D eigenvalue weighted by atomic mass is 9.65. The molecule has 3 aliphatic carbocycles. The summed E-state index contributed by atoms with van der Waals surface area (Å²) in [6.07, 6.45) is 7.48. The lowest BCUT2D eigenvalue weighted by Gasteiger charge is -2.42. The molecule has 0 saturated heterocycles. The van der Waals surface area contributed by atoms with Gasteiger partial charge in [-0.1, -0.05) is 27.0 Å². The van der Waals surface area contributed by atoms with Crippen LogP contribution < -0.4 is 0 Å². The highest BCUT2D eigenvalue weighted by atomic mass is 16.6. The van der Waals surface area contributed by atoms with Gasteiger partial charge in [-0.2, -0.15) is 0 Å². The second-order valence-electron chi connectivity index (χ2n) is 11.9. The topological polar surface area (TPSA) is 112 Å². The largest absolute Gasteiger partial charge is 0.460 e. The maximum atomic E-state index is 11.2. The molecule has 36 heavy (non-hydrogen) atoms. The molecule has 0 aromatic rings. The number of aliphatic hydroxyl groups excluding tert-OH is 2. The molecule has 204 valence electrons. The SMILES string of the molecule is C=CC(=O)OCC(O)COCC1(C)CC2CC(C1)C1CC(C)(COCC(O)COC(=O)C=C)CCC21. The molecule has 3 aliphatic rings. The third-order valence-electron chi connectivity index (χ3n) is 8.38. The van der Waals surface area contributed by atoms with E-state index < -0.39 is 24.1 Å². The van der Waals surface area contributed by atoms with Gasteiger partial charge in [-0.3, -0.25) is 0 Å². The van der Waals surface area contributed by atoms with Gasteiger partial charge in [-0.15, -0.1) is 0 Å². The number of ether oxygens (including phenoxy) is 4. The standard InChI is InChI=1S/C28H44O8/c1-5-25(31)35-15-21(29)13-33-17-27(3)8-7-23-19-9-20(24(23)12-27)11-28(4,10-19)18-34-14-22(30)16-36-26(32)6-2/h5-6,19-24,29-30H,1-2,7-18H2,3-4H3. The van der Waals surface area contributed by atoms with Crippen LogP contribution in [0.5, 0.6) is 0 Å². The molecule has 3 fully saturated rings. The van der Waals surface area contributed by atoms with Crippen LogP contribution in [-0.4, -0.2) is 74.0 Å². The van der Waals surface area contributed by atoms with E-state index in [1.807, 2.05) is 0 Å². The normalized spacial score (nSPS) is 34.8. The minimum atomic E-state index is -0.840. The molecule has 8 unspecified atom stereocenters. The summed E-state index contributed by atoms with van der Waals surface area (Å²) >= 11 is 0. The van der Waals surface area contributed by atoms with Gasteiger partial charge in [0.05, 0.1) is 26.4 Å². The number of aliphatic hydroxyl groups is 2. The van der Waals surface area contributed by atoms with E-state index >= 15 is 0 Å². The summed E-state index contributed by atoms with van der Waals surface area (Å²) in [6.45, 7) is 12.6. The summed E-state index contributed by atoms with van der Waals surface area (Å²) in [5.41, 5.74) is 0.165. The quantitative estimate of drug-likeness (QED) is 0.272. The zero-order valence-electron chi connectivity index (χ0n) is 21.9. The highest BCUT2D eigenvalue weighted by Gasteiger charge is 2.54. The van der Waals surface area contributed by atoms with Crippen molar-refractivity contribution in [3.63, 3.8) is 0 Å². The van der Waals surface area contributed by atoms with Gasteiger partial charge < -0.3 is 29.2 Å². The van der Waals surface area contributed by atoms with Crippen LogP contribution in [0.3, 0.4) is 0 Å². The van der Waals surface area contributed by atoms with Gasteiger partial charge in [0.2, 0.25) is 0 Å². The van der Waals surface area contributed by atoms with E-state index in [1.54, 1.807) is 0 Å². The van der Waals surface area contributed by atoms with Crippen LogP contribution in [0.4, 0.5) is 0 Å². The van der Waals surface area contributed by atoms with Crippen molar-refractivity contribution in [2.24, 2.45) is 34.5 Å². The molecule has 2 bridgehead atoms. The maximum Gasteiger partial charge on any atom is 0.330 e. The minimum absolute atomic E-state index is 0.0794. The Morgan fingerprint density at radius 3 is 1.86 bits per heavy atom. The number of esters is 2. The molecule has 0 aliphatic heterocycles. The molecule has 0 radical (unpaired) electrons. The molecule has 3 saturated carbocycles. The van der Waals surface area contributed by atoms with E-state index in [0.717, 1.165) is 43.8 Å². The lowest BCUT2D eigenvalue weighted by molar-refractivity contribution is -0.143. The van der Waals surface area contributed by atoms with Crippen LogP contribution in [0.2, 0.25) is 0 Å². The Morgan fingerprint density at radius 2 is 1.33 bits per heavy atom. The highest BCUT2D eigenvalue weighted by Crippen LogP contribution is 2.62. The highest BCUT2D eigenvalue weighted by molar-refractivity contribution is 5.81. The number of hydrogen-bond donors (Lipinski definition) is 2. The molecule has 8 nitrogen and oxygen atoms in total. The van der Waals surface area contributed by atoms with Gasteiger partial charge in [0, 0.05) is 12.2 Å². The van der Waals surface area contributed by atoms with Crippen molar-refractivity contribution in [3.8, 4) is 0 Å². The van der Waals surface area contributed by atoms with E-state index in [1.165, 1.54) is 12.8 Å². The van der Waals surface area contributed by atoms with E-state index in [9.17, 15) is 19.8 Å². The summed E-state index contributed by atoms with van der Waals surface area (Å²) < 4.78 is 21.5. The first-order valence-corrected chi connectivity index (χ1v) is 13.2. The first kappa shape index (κ1) is 28.8. The van der Waals surface area contributed by atoms with Crippen LogP contribution in [0.15, 0.2) is 25.3 Å². The molecule has 0 aromatic heterocycles. The predicted molar refractivity (Wildman–Crippen MR) is 134 cm³/mol. The molecule has 0 aromatic carbocycles. The van der Waals surface area contributed by atoms with Crippen LogP contribution >= 0.6 is 0 Å². The van der Waals surface area contributed by atoms with Crippen molar-refractivity contribution in [3.05, 3.63) is 25.3 Å². The molecule has 3 rings (SSSR count). The molecular weight excluding hydrogens is 464 g/mol. The monoisotopic (exact) mass is 508 g/mol. The molecular formula is C28H44O8. The first-order valence-electron chi connectivity index (χ1n) is 13.2. The second-order valence-corrected chi connectivity index (χ2v) is 11.9. The Morgan fingerprint density at radius 1 is 0.833 bits per heavy atom. The minimum Gasteiger partial charge on any atom is -0.460 e. The molecule has 0 heterocycles. The molecule has 8 atom stereocenters. The fourth-order valence-electron chi connectivity index (χ4n) is 6.91. The molecule has 2 N–H and O–H groups in total. The van der Waals surface area contributed by atoms with Gasteiger partial charge >= 0.3 is 11.9 Å². The second kappa shape index (κ2) is 12.7. The van der Waals surface area contributed by atoms with E-state index in [-0.39, 0.29) is 37.3 Å². The van der Waals surface area contributed by atoms with Gasteiger partial charge in [-0.05, 0) is 73.0 Å². The van der Waals surface area contributed by atoms with Crippen molar-refractivity contribution < 1.29 is 38.7 Å². The number of rotatable bonds is 14. The van der Waals surface area contributed by atoms with Crippen molar-refractivity contribution >= 4 is 11.9 Å². The van der Waals surface area contributed by atoms with Crippen LogP contribution in [0.25, 0.3) is 0 Å². The first-order chi connectivity index (χ1) is 17.1. The van der Waals surface area contributed by atoms with Crippen LogP contribution in [-0.2, 0) is 28.5 Å². The van der Waals surface area contributed by atoms with Gasteiger partial charge in [0.1, 0.15) is 25.4 Å². The molecule has 0 amide bonds. The Bertz CT molecular complexity index is 784. The number of carbonyl (C=O) groups is 2. The maximum absolute atomic E-state index is 11.2. The van der Waals surface area contributed by atoms with E-state index in [4.69, 9.17) is 18.9 Å². The van der Waals surface area contributed by atoms with Gasteiger partial charge in [0.15, 0.2) is 0 Å². The molecule has 0 spiro atoms. The fraction of sp³-hybridized carbons (Fsp3) is 0.786. The van der Waals surface area contributed by atoms with E-state index in [0.29, 0.717) is 31.0 Å². The lowest BCUT2D eigenvalue weighted by Crippen LogP contribution is -2.37. The zero-order chi connectivity index (χ0) is 26.3. The van der Waals surface area contributed by atoms with Gasteiger partial charge in [0.25, 0.3) is 0 Å². The number of hydrogen-bond acceptors (Lipinski definition) is 8. The fourth-order valence-corrected chi connectivity index (χ4v) is 6.91. The van der Waals surface area contributed by atoms with Crippen molar-refractivity contribution in [2.75, 3.05) is 39.6 Å². The number of fused-ring (bicyclic) bond motifs is 5. The Kier molecular flexibility index (Phi) is 10.1. The average molecular weight is 509 g/mol. The van der Waals surface area contributed by atoms with Gasteiger partial charge in [-0.25, -0.2) is 9.59 Å². The summed E-state index contributed by atoms with van der Waals surface area (Å²) in [4.78, 5) is 22.3. The van der Waals surface area contributed by atoms with Crippen molar-refractivity contribution in [2.45, 2.75) is 64.6 Å². The predicted octanol–water partition coefficient (Wildman–Crippen LogP) is 3.06. The zero-order valence-corrected chi connectivity index (χ0v) is 21.9. The smallest absolute Gasteiger partial charge is 0.330 e. The average Bonchev–Trinajstić information content (AvgIpc) is 3.09. The van der Waals surface area contributed by atoms with Crippen molar-refractivity contribution in [1.29, 1.82) is 0 Å². The summed E-state index contributed by atoms with van der Waals surface area (Å²) in [5, 5.41) is 20.0. The summed E-state index contributed by atoms with van der Waals surface area (Å²) in [6, 6.07) is 0. The van der Waals surface area contributed by atoms with Crippen molar-refractivity contribution in [1.82, 2.24) is 0 Å². The van der Waals surface area contributed by atoms with E-state index in [2.05, 4.69) is 27.0 Å². The Hall–Kier alpha value is -1.74. The Balaban J connectivity index is 1.43. The Labute approximate surface area is 215 Å². The van der Waals surface area contributed by atoms with Crippen LogP contribution in [0.1, 0.15) is 52.4 Å². The molecule has 8 heteroatoms. The third kappa shape index (κ3) is 7.88. The van der Waals surface area contributed by atoms with Crippen LogP contribution in [0, 0.1) is 34.5 Å².